The van der Waals surface area contributed by atoms with E-state index in [1.807, 2.05) is 0 Å². The summed E-state index contributed by atoms with van der Waals surface area (Å²) in [5, 5.41) is 25.7. The van der Waals surface area contributed by atoms with Crippen molar-refractivity contribution >= 4 is 23.9 Å². The zero-order valence-corrected chi connectivity index (χ0v) is 24.5. The van der Waals surface area contributed by atoms with E-state index in [4.69, 9.17) is 9.47 Å². The molecule has 11 heteroatoms. The lowest BCUT2D eigenvalue weighted by Gasteiger charge is -2.37. The summed E-state index contributed by atoms with van der Waals surface area (Å²) in [6.45, 7) is 10.3. The number of esters is 1. The lowest BCUT2D eigenvalue weighted by atomic mass is 9.98. The van der Waals surface area contributed by atoms with E-state index in [2.05, 4.69) is 10.6 Å². The van der Waals surface area contributed by atoms with Gasteiger partial charge in [-0.2, -0.15) is 0 Å². The highest BCUT2D eigenvalue weighted by Gasteiger charge is 2.39. The van der Waals surface area contributed by atoms with Crippen molar-refractivity contribution in [2.24, 2.45) is 0 Å². The average Bonchev–Trinajstić information content (AvgIpc) is 2.87. The number of rotatable bonds is 12. The summed E-state index contributed by atoms with van der Waals surface area (Å²) in [7, 11) is 0. The lowest BCUT2D eigenvalue weighted by Crippen LogP contribution is -2.55. The third kappa shape index (κ3) is 10.3. The number of para-hydroxylation sites is 1. The van der Waals surface area contributed by atoms with Crippen LogP contribution in [0.2, 0.25) is 0 Å². The van der Waals surface area contributed by atoms with E-state index in [9.17, 15) is 29.4 Å². The van der Waals surface area contributed by atoms with Gasteiger partial charge in [-0.3, -0.25) is 14.4 Å². The zero-order chi connectivity index (χ0) is 30.7. The second kappa shape index (κ2) is 14.9. The highest BCUT2D eigenvalue weighted by atomic mass is 16.6. The molecule has 0 aliphatic heterocycles. The summed E-state index contributed by atoms with van der Waals surface area (Å²) in [4.78, 5) is 53.7. The van der Waals surface area contributed by atoms with Crippen molar-refractivity contribution in [3.05, 3.63) is 59.7 Å². The first-order chi connectivity index (χ1) is 19.2. The number of alkyl carbamates (subject to hydrolysis) is 1. The van der Waals surface area contributed by atoms with Crippen LogP contribution < -0.4 is 10.6 Å². The van der Waals surface area contributed by atoms with Crippen molar-refractivity contribution in [1.82, 2.24) is 15.5 Å². The fourth-order valence-corrected chi connectivity index (χ4v) is 4.13. The van der Waals surface area contributed by atoms with Gasteiger partial charge in [0, 0.05) is 24.6 Å². The maximum atomic E-state index is 14.2. The van der Waals surface area contributed by atoms with E-state index in [0.29, 0.717) is 5.56 Å². The number of aromatic hydroxyl groups is 2. The van der Waals surface area contributed by atoms with Crippen LogP contribution in [0, 0.1) is 0 Å². The predicted octanol–water partition coefficient (Wildman–Crippen LogP) is 3.58. The molecule has 2 rings (SSSR count). The van der Waals surface area contributed by atoms with E-state index < -0.39 is 47.6 Å². The van der Waals surface area contributed by atoms with Crippen molar-refractivity contribution in [3.63, 3.8) is 0 Å². The molecule has 0 saturated heterocycles. The Morgan fingerprint density at radius 1 is 0.976 bits per heavy atom. The summed E-state index contributed by atoms with van der Waals surface area (Å²) < 4.78 is 10.3. The molecule has 0 heterocycles. The minimum atomic E-state index is -1.30. The number of nitrogens with one attached hydrogen (secondary N) is 2. The van der Waals surface area contributed by atoms with Crippen LogP contribution in [-0.2, 0) is 30.3 Å². The molecule has 0 aliphatic carbocycles. The second-order valence-electron chi connectivity index (χ2n) is 10.7. The number of ether oxygens (including phenoxy) is 2. The van der Waals surface area contributed by atoms with Gasteiger partial charge in [-0.25, -0.2) is 4.79 Å². The van der Waals surface area contributed by atoms with Gasteiger partial charge in [0.05, 0.1) is 13.0 Å². The van der Waals surface area contributed by atoms with Crippen LogP contribution in [0.3, 0.4) is 0 Å². The molecule has 2 aromatic rings. The molecule has 0 aliphatic rings. The molecule has 3 amide bonds. The molecule has 0 spiro atoms. The molecule has 224 valence electrons. The number of hydrogen-bond acceptors (Lipinski definition) is 8. The molecular weight excluding hydrogens is 530 g/mol. The normalized spacial score (nSPS) is 12.7. The summed E-state index contributed by atoms with van der Waals surface area (Å²) in [6.07, 6.45) is -0.873. The molecule has 0 aromatic heterocycles. The van der Waals surface area contributed by atoms with Gasteiger partial charge in [-0.05, 0) is 65.3 Å². The van der Waals surface area contributed by atoms with Gasteiger partial charge >= 0.3 is 12.1 Å². The lowest BCUT2D eigenvalue weighted by molar-refractivity contribution is -0.145. The van der Waals surface area contributed by atoms with Crippen LogP contribution in [0.5, 0.6) is 11.5 Å². The maximum absolute atomic E-state index is 14.2. The smallest absolute Gasteiger partial charge is 0.408 e. The fourth-order valence-electron chi connectivity index (χ4n) is 4.13. The van der Waals surface area contributed by atoms with Crippen LogP contribution in [-0.4, -0.2) is 69.8 Å². The van der Waals surface area contributed by atoms with E-state index in [-0.39, 0.29) is 43.1 Å². The largest absolute Gasteiger partial charge is 0.508 e. The first kappa shape index (κ1) is 32.9. The number of phenolic OH excluding ortho intramolecular Hbond substituents is 2. The summed E-state index contributed by atoms with van der Waals surface area (Å²) in [6, 6.07) is 9.30. The molecule has 0 radical (unpaired) electrons. The minimum absolute atomic E-state index is 0.0273. The predicted molar refractivity (Wildman–Crippen MR) is 152 cm³/mol. The average molecular weight is 572 g/mol. The Kier molecular flexibility index (Phi) is 12.0. The number of amides is 3. The standard InChI is InChI=1S/C30H41N3O8/c1-7-40-25(36)16-17-31-27(37)26(22-10-8-9-11-24(22)35)33(19(2)3)28(38)23(32-29(39)41-30(4,5)6)18-20-12-14-21(34)15-13-20/h8-15,19,23,26,34-35H,7,16-18H2,1-6H3,(H,31,37)(H,32,39). The van der Waals surface area contributed by atoms with Gasteiger partial charge < -0.3 is 35.2 Å². The van der Waals surface area contributed by atoms with Gasteiger partial charge in [0.1, 0.15) is 29.2 Å². The molecule has 4 N–H and O–H groups in total. The van der Waals surface area contributed by atoms with E-state index >= 15 is 0 Å². The third-order valence-corrected chi connectivity index (χ3v) is 5.87. The van der Waals surface area contributed by atoms with Crippen molar-refractivity contribution < 1.29 is 38.9 Å². The zero-order valence-electron chi connectivity index (χ0n) is 24.5. The highest BCUT2D eigenvalue weighted by molar-refractivity contribution is 5.93. The molecule has 0 saturated carbocycles. The van der Waals surface area contributed by atoms with E-state index in [0.717, 1.165) is 0 Å². The van der Waals surface area contributed by atoms with Gasteiger partial charge in [-0.1, -0.05) is 30.3 Å². The Labute approximate surface area is 240 Å². The molecule has 0 bridgehead atoms. The van der Waals surface area contributed by atoms with Crippen LogP contribution in [0.4, 0.5) is 4.79 Å². The Bertz CT molecular complexity index is 1190. The maximum Gasteiger partial charge on any atom is 0.408 e. The topological polar surface area (TPSA) is 154 Å². The van der Waals surface area contributed by atoms with Crippen LogP contribution in [0.25, 0.3) is 0 Å². The summed E-state index contributed by atoms with van der Waals surface area (Å²) in [5.74, 6) is -1.88. The number of carbonyl (C=O) groups is 4. The number of carbonyl (C=O) groups excluding carboxylic acids is 4. The van der Waals surface area contributed by atoms with Crippen molar-refractivity contribution in [2.75, 3.05) is 13.2 Å². The van der Waals surface area contributed by atoms with E-state index in [1.165, 1.54) is 29.2 Å². The monoisotopic (exact) mass is 571 g/mol. The molecule has 11 nitrogen and oxygen atoms in total. The van der Waals surface area contributed by atoms with Gasteiger partial charge in [0.2, 0.25) is 11.8 Å². The molecule has 41 heavy (non-hydrogen) atoms. The Balaban J connectivity index is 2.49. The number of hydrogen-bond donors (Lipinski definition) is 4. The first-order valence-electron chi connectivity index (χ1n) is 13.5. The Morgan fingerprint density at radius 2 is 1.61 bits per heavy atom. The molecule has 0 fully saturated rings. The van der Waals surface area contributed by atoms with Crippen molar-refractivity contribution in [1.29, 1.82) is 0 Å². The SMILES string of the molecule is CCOC(=O)CCNC(=O)C(c1ccccc1O)N(C(=O)C(Cc1ccc(O)cc1)NC(=O)OC(C)(C)C)C(C)C. The molecule has 2 aromatic carbocycles. The number of nitrogens with zero attached hydrogens (tertiary/aromatic N) is 1. The Hall–Kier alpha value is -4.28. The Morgan fingerprint density at radius 3 is 2.17 bits per heavy atom. The summed E-state index contributed by atoms with van der Waals surface area (Å²) >= 11 is 0. The third-order valence-electron chi connectivity index (χ3n) is 5.87. The van der Waals surface area contributed by atoms with Crippen LogP contribution >= 0.6 is 0 Å². The van der Waals surface area contributed by atoms with Crippen LogP contribution in [0.1, 0.15) is 65.1 Å². The molecule has 2 atom stereocenters. The summed E-state index contributed by atoms with van der Waals surface area (Å²) in [5.41, 5.74) is -0.0201. The van der Waals surface area contributed by atoms with Crippen molar-refractivity contribution in [3.8, 4) is 11.5 Å². The number of benzene rings is 2. The van der Waals surface area contributed by atoms with Gasteiger partial charge in [0.25, 0.3) is 0 Å². The van der Waals surface area contributed by atoms with Crippen LogP contribution in [0.15, 0.2) is 48.5 Å². The molecule has 2 unspecified atom stereocenters. The second-order valence-corrected chi connectivity index (χ2v) is 10.7. The van der Waals surface area contributed by atoms with Gasteiger partial charge in [-0.15, -0.1) is 0 Å². The fraction of sp³-hybridized carbons (Fsp3) is 0.467. The van der Waals surface area contributed by atoms with E-state index in [1.54, 1.807) is 65.8 Å². The quantitative estimate of drug-likeness (QED) is 0.282. The number of phenols is 2. The molecular formula is C30H41N3O8. The highest BCUT2D eigenvalue weighted by Crippen LogP contribution is 2.31. The van der Waals surface area contributed by atoms with Gasteiger partial charge in [0.15, 0.2) is 0 Å². The minimum Gasteiger partial charge on any atom is -0.508 e. The first-order valence-corrected chi connectivity index (χ1v) is 13.5. The van der Waals surface area contributed by atoms with Crippen molar-refractivity contribution in [2.45, 2.75) is 78.1 Å².